The molecule has 0 aliphatic heterocycles. The number of thioether (sulfide) groups is 1. The van der Waals surface area contributed by atoms with E-state index >= 15 is 0 Å². The van der Waals surface area contributed by atoms with E-state index in [0.29, 0.717) is 17.4 Å². The van der Waals surface area contributed by atoms with Crippen LogP contribution in [0.2, 0.25) is 0 Å². The third kappa shape index (κ3) is 5.14. The fourth-order valence-corrected chi connectivity index (χ4v) is 3.33. The number of nitrogens with zero attached hydrogens (tertiary/aromatic N) is 2. The number of halogens is 1. The molecule has 3 amide bonds. The number of urea groups is 1. The van der Waals surface area contributed by atoms with Gasteiger partial charge in [0, 0.05) is 11.3 Å². The molecule has 10 heteroatoms. The zero-order valence-electron chi connectivity index (χ0n) is 13.4. The fraction of sp³-hybridized carbons (Fsp3) is 0.125. The number of aromatic amines is 1. The highest BCUT2D eigenvalue weighted by atomic mass is 32.2. The summed E-state index contributed by atoms with van der Waals surface area (Å²) in [6.07, 6.45) is 0.641. The number of carbonyl (C=O) groups excluding carboxylic acids is 2. The minimum atomic E-state index is -0.797. The number of imide groups is 1. The first-order chi connectivity index (χ1) is 12.6. The number of hydrogen-bond donors (Lipinski definition) is 3. The van der Waals surface area contributed by atoms with Gasteiger partial charge in [-0.3, -0.25) is 15.2 Å². The van der Waals surface area contributed by atoms with Crippen LogP contribution in [0.25, 0.3) is 0 Å². The molecule has 26 heavy (non-hydrogen) atoms. The van der Waals surface area contributed by atoms with Gasteiger partial charge in [0.15, 0.2) is 0 Å². The quantitative estimate of drug-likeness (QED) is 0.561. The number of anilines is 1. The Bertz CT molecular complexity index is 898. The van der Waals surface area contributed by atoms with E-state index in [-0.39, 0.29) is 11.4 Å². The number of amides is 3. The molecule has 0 radical (unpaired) electrons. The van der Waals surface area contributed by atoms with Crippen molar-refractivity contribution in [2.75, 3.05) is 11.1 Å². The molecule has 7 nitrogen and oxygen atoms in total. The van der Waals surface area contributed by atoms with Crippen molar-refractivity contribution in [2.45, 2.75) is 11.6 Å². The summed E-state index contributed by atoms with van der Waals surface area (Å²) in [5, 5.41) is 13.7. The molecule has 0 atom stereocenters. The molecule has 0 saturated heterocycles. The first-order valence-electron chi connectivity index (χ1n) is 7.52. The van der Waals surface area contributed by atoms with Gasteiger partial charge < -0.3 is 5.32 Å². The van der Waals surface area contributed by atoms with Gasteiger partial charge in [0.1, 0.15) is 11.6 Å². The van der Waals surface area contributed by atoms with Gasteiger partial charge in [0.2, 0.25) is 11.1 Å². The number of aromatic nitrogens is 3. The summed E-state index contributed by atoms with van der Waals surface area (Å²) in [6.45, 7) is 0. The van der Waals surface area contributed by atoms with E-state index in [0.717, 1.165) is 16.6 Å². The van der Waals surface area contributed by atoms with Crippen molar-refractivity contribution in [3.05, 3.63) is 58.3 Å². The highest BCUT2D eigenvalue weighted by Crippen LogP contribution is 2.16. The maximum atomic E-state index is 13.4. The molecule has 0 aliphatic carbocycles. The normalized spacial score (nSPS) is 10.5. The predicted molar refractivity (Wildman–Crippen MR) is 97.8 cm³/mol. The molecular weight excluding hydrogens is 377 g/mol. The molecule has 134 valence electrons. The van der Waals surface area contributed by atoms with Crippen LogP contribution in [0.3, 0.4) is 0 Å². The summed E-state index contributed by atoms with van der Waals surface area (Å²) in [7, 11) is 0. The number of benzene rings is 1. The highest BCUT2D eigenvalue weighted by Gasteiger charge is 2.12. The van der Waals surface area contributed by atoms with Gasteiger partial charge in [-0.15, -0.1) is 16.4 Å². The van der Waals surface area contributed by atoms with E-state index in [2.05, 4.69) is 25.8 Å². The van der Waals surface area contributed by atoms with E-state index in [9.17, 15) is 14.0 Å². The summed E-state index contributed by atoms with van der Waals surface area (Å²) < 4.78 is 13.4. The van der Waals surface area contributed by atoms with Crippen LogP contribution >= 0.6 is 23.1 Å². The maximum absolute atomic E-state index is 13.4. The van der Waals surface area contributed by atoms with Crippen molar-refractivity contribution in [1.82, 2.24) is 20.5 Å². The molecule has 0 unspecified atom stereocenters. The van der Waals surface area contributed by atoms with Gasteiger partial charge in [0.25, 0.3) is 0 Å². The molecule has 0 aliphatic rings. The van der Waals surface area contributed by atoms with Crippen molar-refractivity contribution in [1.29, 1.82) is 0 Å². The minimum Gasteiger partial charge on any atom is -0.305 e. The van der Waals surface area contributed by atoms with Crippen molar-refractivity contribution in [3.63, 3.8) is 0 Å². The van der Waals surface area contributed by atoms with Crippen LogP contribution in [0.4, 0.5) is 14.9 Å². The van der Waals surface area contributed by atoms with Crippen LogP contribution in [-0.2, 0) is 11.2 Å². The number of thiophene rings is 1. The monoisotopic (exact) mass is 391 g/mol. The Hall–Kier alpha value is -2.72. The zero-order valence-corrected chi connectivity index (χ0v) is 15.0. The Kier molecular flexibility index (Phi) is 5.97. The SMILES string of the molecule is O=C(CSc1n[nH]c(Cc2cccs2)n1)NC(=O)Nc1ccccc1F. The molecule has 0 fully saturated rings. The molecule has 2 aromatic heterocycles. The van der Waals surface area contributed by atoms with Crippen LogP contribution in [0.1, 0.15) is 10.7 Å². The van der Waals surface area contributed by atoms with Crippen molar-refractivity contribution >= 4 is 40.7 Å². The first kappa shape index (κ1) is 18.1. The topological polar surface area (TPSA) is 99.8 Å². The summed E-state index contributed by atoms with van der Waals surface area (Å²) in [4.78, 5) is 29.0. The number of H-pyrrole nitrogens is 1. The van der Waals surface area contributed by atoms with Gasteiger partial charge in [-0.25, -0.2) is 14.2 Å². The van der Waals surface area contributed by atoms with Gasteiger partial charge >= 0.3 is 6.03 Å². The fourth-order valence-electron chi connectivity index (χ4n) is 2.01. The number of hydrogen-bond acceptors (Lipinski definition) is 6. The molecule has 0 spiro atoms. The third-order valence-electron chi connectivity index (χ3n) is 3.14. The summed E-state index contributed by atoms with van der Waals surface area (Å²) in [5.74, 6) is -0.453. The number of carbonyl (C=O) groups is 2. The second kappa shape index (κ2) is 8.59. The van der Waals surface area contributed by atoms with Crippen molar-refractivity contribution < 1.29 is 14.0 Å². The van der Waals surface area contributed by atoms with Crippen LogP contribution in [-0.4, -0.2) is 32.9 Å². The van der Waals surface area contributed by atoms with Crippen LogP contribution < -0.4 is 10.6 Å². The average molecular weight is 391 g/mol. The van der Waals surface area contributed by atoms with Crippen LogP contribution in [0.5, 0.6) is 0 Å². The Morgan fingerprint density at radius 2 is 2.08 bits per heavy atom. The molecule has 0 bridgehead atoms. The zero-order chi connectivity index (χ0) is 18.4. The minimum absolute atomic E-state index is 0.00219. The third-order valence-corrected chi connectivity index (χ3v) is 4.86. The predicted octanol–water partition coefficient (Wildman–Crippen LogP) is 3.04. The van der Waals surface area contributed by atoms with Gasteiger partial charge in [-0.2, -0.15) is 0 Å². The van der Waals surface area contributed by atoms with Gasteiger partial charge in [-0.1, -0.05) is 30.0 Å². The van der Waals surface area contributed by atoms with E-state index in [1.54, 1.807) is 17.4 Å². The molecule has 3 rings (SSSR count). The lowest BCUT2D eigenvalue weighted by atomic mass is 10.3. The van der Waals surface area contributed by atoms with E-state index < -0.39 is 17.8 Å². The van der Waals surface area contributed by atoms with Crippen LogP contribution in [0.15, 0.2) is 46.9 Å². The lowest BCUT2D eigenvalue weighted by molar-refractivity contribution is -0.117. The molecular formula is C16H14FN5O2S2. The number of rotatable bonds is 6. The first-order valence-corrected chi connectivity index (χ1v) is 9.38. The molecule has 1 aromatic carbocycles. The second-order valence-electron chi connectivity index (χ2n) is 5.09. The Balaban J connectivity index is 1.44. The Morgan fingerprint density at radius 3 is 2.85 bits per heavy atom. The van der Waals surface area contributed by atoms with E-state index in [1.807, 2.05) is 17.5 Å². The number of para-hydroxylation sites is 1. The number of nitrogens with one attached hydrogen (secondary N) is 3. The summed E-state index contributed by atoms with van der Waals surface area (Å²) in [5.41, 5.74) is -0.00219. The van der Waals surface area contributed by atoms with E-state index in [4.69, 9.17) is 0 Å². The maximum Gasteiger partial charge on any atom is 0.325 e. The molecule has 3 aromatic rings. The smallest absolute Gasteiger partial charge is 0.305 e. The average Bonchev–Trinajstić information content (AvgIpc) is 3.27. The van der Waals surface area contributed by atoms with E-state index in [1.165, 1.54) is 18.2 Å². The highest BCUT2D eigenvalue weighted by molar-refractivity contribution is 7.99. The lowest BCUT2D eigenvalue weighted by Crippen LogP contribution is -2.35. The van der Waals surface area contributed by atoms with Crippen molar-refractivity contribution in [3.8, 4) is 0 Å². The summed E-state index contributed by atoms with van der Waals surface area (Å²) in [6, 6.07) is 8.86. The Morgan fingerprint density at radius 1 is 1.23 bits per heavy atom. The van der Waals surface area contributed by atoms with Gasteiger partial charge in [-0.05, 0) is 23.6 Å². The molecule has 0 saturated carbocycles. The largest absolute Gasteiger partial charge is 0.325 e. The lowest BCUT2D eigenvalue weighted by Gasteiger charge is -2.06. The second-order valence-corrected chi connectivity index (χ2v) is 7.07. The Labute approximate surface area is 156 Å². The van der Waals surface area contributed by atoms with Crippen molar-refractivity contribution in [2.24, 2.45) is 0 Å². The summed E-state index contributed by atoms with van der Waals surface area (Å²) >= 11 is 2.72. The van der Waals surface area contributed by atoms with Gasteiger partial charge in [0.05, 0.1) is 11.4 Å². The standard InChI is InChI=1S/C16H14FN5O2S2/c17-11-5-1-2-6-12(11)18-15(24)20-14(23)9-26-16-19-13(21-22-16)8-10-4-3-7-25-10/h1-7H,8-9H2,(H,19,21,22)(H2,18,20,23,24). The molecule has 2 heterocycles. The van der Waals surface area contributed by atoms with Crippen LogP contribution in [0, 0.1) is 5.82 Å². The molecule has 3 N–H and O–H groups in total.